The summed E-state index contributed by atoms with van der Waals surface area (Å²) < 4.78 is 18.4. The molecule has 0 N–H and O–H groups in total. The summed E-state index contributed by atoms with van der Waals surface area (Å²) >= 11 is 2.17. The quantitative estimate of drug-likeness (QED) is 0.625. The van der Waals surface area contributed by atoms with Crippen LogP contribution in [0.15, 0.2) is 12.1 Å². The zero-order valence-electron chi connectivity index (χ0n) is 8.76. The molecule has 0 bridgehead atoms. The SMILES string of the molecule is O=C1CCc2c(OCCCF)ccc(I)c21. The average Bonchev–Trinajstić information content (AvgIpc) is 2.66. The van der Waals surface area contributed by atoms with Gasteiger partial charge >= 0.3 is 0 Å². The standard InChI is InChI=1S/C12H12FIO2/c13-6-1-7-16-11-5-3-9(14)12-8(11)2-4-10(12)15/h3,5H,1-2,4,6-7H2. The van der Waals surface area contributed by atoms with E-state index in [4.69, 9.17) is 4.74 Å². The minimum Gasteiger partial charge on any atom is -0.493 e. The van der Waals surface area contributed by atoms with Crippen LogP contribution < -0.4 is 4.74 Å². The van der Waals surface area contributed by atoms with Crippen LogP contribution in [0.3, 0.4) is 0 Å². The van der Waals surface area contributed by atoms with Gasteiger partial charge < -0.3 is 4.74 Å². The number of hydrogen-bond donors (Lipinski definition) is 0. The molecule has 0 heterocycles. The first kappa shape index (κ1) is 11.8. The number of alkyl halides is 1. The van der Waals surface area contributed by atoms with E-state index >= 15 is 0 Å². The second-order valence-electron chi connectivity index (χ2n) is 3.71. The number of carbonyl (C=O) groups is 1. The molecule has 1 aromatic rings. The lowest BCUT2D eigenvalue weighted by Crippen LogP contribution is -2.02. The van der Waals surface area contributed by atoms with Gasteiger partial charge in [0.25, 0.3) is 0 Å². The van der Waals surface area contributed by atoms with E-state index in [-0.39, 0.29) is 12.5 Å². The molecule has 0 atom stereocenters. The molecule has 2 rings (SSSR count). The third-order valence-electron chi connectivity index (χ3n) is 2.64. The maximum atomic E-state index is 12.0. The summed E-state index contributed by atoms with van der Waals surface area (Å²) in [4.78, 5) is 11.6. The molecule has 0 aromatic heterocycles. The van der Waals surface area contributed by atoms with Crippen molar-refractivity contribution in [2.75, 3.05) is 13.3 Å². The summed E-state index contributed by atoms with van der Waals surface area (Å²) in [5.74, 6) is 0.935. The van der Waals surface area contributed by atoms with Gasteiger partial charge in [0, 0.05) is 27.5 Å². The maximum absolute atomic E-state index is 12.0. The van der Waals surface area contributed by atoms with Crippen LogP contribution >= 0.6 is 22.6 Å². The Labute approximate surface area is 107 Å². The molecule has 0 saturated heterocycles. The summed E-state index contributed by atoms with van der Waals surface area (Å²) in [6, 6.07) is 3.75. The second-order valence-corrected chi connectivity index (χ2v) is 4.88. The van der Waals surface area contributed by atoms with Gasteiger partial charge in [-0.15, -0.1) is 0 Å². The first-order chi connectivity index (χ1) is 7.74. The van der Waals surface area contributed by atoms with Gasteiger partial charge in [-0.05, 0) is 41.1 Å². The van der Waals surface area contributed by atoms with Crippen LogP contribution in [0.2, 0.25) is 0 Å². The van der Waals surface area contributed by atoms with E-state index in [1.807, 2.05) is 12.1 Å². The number of ketones is 1. The fraction of sp³-hybridized carbons (Fsp3) is 0.417. The molecular formula is C12H12FIO2. The van der Waals surface area contributed by atoms with Crippen LogP contribution in [0.25, 0.3) is 0 Å². The normalized spacial score (nSPS) is 14.0. The van der Waals surface area contributed by atoms with Crippen LogP contribution in [0.1, 0.15) is 28.8 Å². The minimum atomic E-state index is -0.370. The molecule has 1 aliphatic rings. The Balaban J connectivity index is 2.24. The molecule has 0 spiro atoms. The number of rotatable bonds is 4. The molecule has 4 heteroatoms. The predicted octanol–water partition coefficient (Wildman–Crippen LogP) is 3.16. The van der Waals surface area contributed by atoms with Gasteiger partial charge in [-0.25, -0.2) is 0 Å². The smallest absolute Gasteiger partial charge is 0.164 e. The van der Waals surface area contributed by atoms with Crippen LogP contribution in [-0.4, -0.2) is 19.1 Å². The van der Waals surface area contributed by atoms with Crippen molar-refractivity contribution >= 4 is 28.4 Å². The van der Waals surface area contributed by atoms with Gasteiger partial charge in [-0.2, -0.15) is 0 Å². The van der Waals surface area contributed by atoms with Crippen molar-refractivity contribution < 1.29 is 13.9 Å². The van der Waals surface area contributed by atoms with E-state index < -0.39 is 0 Å². The van der Waals surface area contributed by atoms with Crippen LogP contribution in [-0.2, 0) is 6.42 Å². The molecule has 1 aromatic carbocycles. The van der Waals surface area contributed by atoms with E-state index in [1.165, 1.54) is 0 Å². The van der Waals surface area contributed by atoms with Crippen molar-refractivity contribution in [3.63, 3.8) is 0 Å². The molecule has 0 saturated carbocycles. The highest BCUT2D eigenvalue weighted by molar-refractivity contribution is 14.1. The summed E-state index contributed by atoms with van der Waals surface area (Å²) in [6.45, 7) is 0.00319. The van der Waals surface area contributed by atoms with Crippen molar-refractivity contribution in [2.24, 2.45) is 0 Å². The Kier molecular flexibility index (Phi) is 3.78. The molecule has 0 radical (unpaired) electrons. The fourth-order valence-electron chi connectivity index (χ4n) is 1.89. The molecule has 0 aliphatic heterocycles. The zero-order valence-corrected chi connectivity index (χ0v) is 10.9. The Morgan fingerprint density at radius 2 is 2.19 bits per heavy atom. The Morgan fingerprint density at radius 1 is 1.38 bits per heavy atom. The van der Waals surface area contributed by atoms with E-state index in [0.717, 1.165) is 26.9 Å². The largest absolute Gasteiger partial charge is 0.493 e. The highest BCUT2D eigenvalue weighted by Crippen LogP contribution is 2.33. The predicted molar refractivity (Wildman–Crippen MR) is 67.9 cm³/mol. The number of ether oxygens (including phenoxy) is 1. The lowest BCUT2D eigenvalue weighted by molar-refractivity contribution is 0.0994. The molecule has 86 valence electrons. The first-order valence-electron chi connectivity index (χ1n) is 5.27. The lowest BCUT2D eigenvalue weighted by Gasteiger charge is -2.10. The van der Waals surface area contributed by atoms with Gasteiger partial charge in [-0.1, -0.05) is 0 Å². The van der Waals surface area contributed by atoms with Gasteiger partial charge in [0.05, 0.1) is 13.3 Å². The number of halogens is 2. The van der Waals surface area contributed by atoms with Gasteiger partial charge in [0.2, 0.25) is 0 Å². The molecule has 0 unspecified atom stereocenters. The van der Waals surface area contributed by atoms with E-state index in [2.05, 4.69) is 22.6 Å². The first-order valence-corrected chi connectivity index (χ1v) is 6.35. The molecule has 0 fully saturated rings. The van der Waals surface area contributed by atoms with Gasteiger partial charge in [0.15, 0.2) is 5.78 Å². The fourth-order valence-corrected chi connectivity index (χ4v) is 2.69. The molecule has 1 aliphatic carbocycles. The monoisotopic (exact) mass is 334 g/mol. The zero-order chi connectivity index (χ0) is 11.5. The summed E-state index contributed by atoms with van der Waals surface area (Å²) in [5, 5.41) is 0. The van der Waals surface area contributed by atoms with Gasteiger partial charge in [0.1, 0.15) is 5.75 Å². The molecule has 16 heavy (non-hydrogen) atoms. The number of Topliss-reactive ketones (excluding diaryl/α,β-unsaturated/α-hetero) is 1. The molecular weight excluding hydrogens is 322 g/mol. The molecule has 0 amide bonds. The molecule has 2 nitrogen and oxygen atoms in total. The summed E-state index contributed by atoms with van der Waals surface area (Å²) in [6.07, 6.45) is 1.71. The van der Waals surface area contributed by atoms with Crippen molar-refractivity contribution in [1.82, 2.24) is 0 Å². The summed E-state index contributed by atoms with van der Waals surface area (Å²) in [5.41, 5.74) is 1.80. The third-order valence-corrected chi connectivity index (χ3v) is 3.53. The number of hydrogen-bond acceptors (Lipinski definition) is 2. The van der Waals surface area contributed by atoms with E-state index in [1.54, 1.807) is 0 Å². The Bertz CT molecular complexity index is 418. The van der Waals surface area contributed by atoms with Crippen molar-refractivity contribution in [3.05, 3.63) is 26.8 Å². The van der Waals surface area contributed by atoms with Gasteiger partial charge in [-0.3, -0.25) is 9.18 Å². The lowest BCUT2D eigenvalue weighted by atomic mass is 10.1. The Morgan fingerprint density at radius 3 is 2.94 bits per heavy atom. The second kappa shape index (κ2) is 5.12. The van der Waals surface area contributed by atoms with Crippen molar-refractivity contribution in [2.45, 2.75) is 19.3 Å². The van der Waals surface area contributed by atoms with Crippen LogP contribution in [0.4, 0.5) is 4.39 Å². The van der Waals surface area contributed by atoms with E-state index in [0.29, 0.717) is 19.4 Å². The van der Waals surface area contributed by atoms with Crippen molar-refractivity contribution in [1.29, 1.82) is 0 Å². The van der Waals surface area contributed by atoms with E-state index in [9.17, 15) is 9.18 Å². The van der Waals surface area contributed by atoms with Crippen molar-refractivity contribution in [3.8, 4) is 5.75 Å². The van der Waals surface area contributed by atoms with Crippen LogP contribution in [0, 0.1) is 3.57 Å². The number of carbonyl (C=O) groups excluding carboxylic acids is 1. The minimum absolute atomic E-state index is 0.190. The highest BCUT2D eigenvalue weighted by atomic mass is 127. The van der Waals surface area contributed by atoms with Crippen LogP contribution in [0.5, 0.6) is 5.75 Å². The number of benzene rings is 1. The topological polar surface area (TPSA) is 26.3 Å². The number of fused-ring (bicyclic) bond motifs is 1. The highest BCUT2D eigenvalue weighted by Gasteiger charge is 2.25. The Hall–Kier alpha value is -0.650. The maximum Gasteiger partial charge on any atom is 0.164 e. The third kappa shape index (κ3) is 2.21. The summed E-state index contributed by atoms with van der Waals surface area (Å²) in [7, 11) is 0. The average molecular weight is 334 g/mol.